The number of azide groups is 4. The summed E-state index contributed by atoms with van der Waals surface area (Å²) in [6, 6.07) is 23.9. The summed E-state index contributed by atoms with van der Waals surface area (Å²) in [5.74, 6) is 0.633. The fourth-order valence-corrected chi connectivity index (χ4v) is 12.8. The van der Waals surface area contributed by atoms with Crippen molar-refractivity contribution in [2.24, 2.45) is 20.5 Å². The lowest BCUT2D eigenvalue weighted by atomic mass is 10.1. The molecule has 8 aromatic rings. The van der Waals surface area contributed by atoms with Gasteiger partial charge in [-0.3, -0.25) is 32.7 Å². The number of H-pyrrole nitrogens is 2. The van der Waals surface area contributed by atoms with Gasteiger partial charge in [0.1, 0.15) is 60.9 Å². The Morgan fingerprint density at radius 1 is 0.496 bits per heavy atom. The fourth-order valence-electron chi connectivity index (χ4n) is 12.8. The highest BCUT2D eigenvalue weighted by atomic mass is 19.1. The van der Waals surface area contributed by atoms with Crippen LogP contribution in [0.15, 0.2) is 149 Å². The molecule has 4 aliphatic rings. The number of rotatable bonds is 34. The van der Waals surface area contributed by atoms with Crippen molar-refractivity contribution in [3.63, 3.8) is 0 Å². The van der Waals surface area contributed by atoms with Crippen LogP contribution in [0.3, 0.4) is 0 Å². The van der Waals surface area contributed by atoms with Gasteiger partial charge in [0.25, 0.3) is 19.4 Å². The number of aromatic nitrogens is 10. The minimum atomic E-state index is -2.28. The largest absolute Gasteiger partial charge is 0.466 e. The normalized spacial score (nSPS) is 26.6. The summed E-state index contributed by atoms with van der Waals surface area (Å²) in [6.07, 6.45) is -17.1. The van der Waals surface area contributed by atoms with E-state index < -0.39 is 158 Å². The molecule has 0 aliphatic carbocycles. The fraction of sp³-hybridized carbons (Fsp3) is 0.478. The van der Waals surface area contributed by atoms with E-state index in [-0.39, 0.29) is 49.6 Å². The molecule has 119 heavy (non-hydrogen) atoms. The zero-order valence-corrected chi connectivity index (χ0v) is 62.3. The summed E-state index contributed by atoms with van der Waals surface area (Å²) in [5, 5.41) is 104. The van der Waals surface area contributed by atoms with Crippen LogP contribution in [0.4, 0.5) is 40.8 Å². The van der Waals surface area contributed by atoms with Gasteiger partial charge in [-0.05, 0) is 94.8 Å². The van der Waals surface area contributed by atoms with Gasteiger partial charge in [-0.1, -0.05) is 70.2 Å². The van der Waals surface area contributed by atoms with E-state index in [0.29, 0.717) is 38.1 Å². The number of alkyl halides is 4. The lowest BCUT2D eigenvalue weighted by Gasteiger charge is -2.23. The molecule has 8 unspecified atom stereocenters. The van der Waals surface area contributed by atoms with Crippen LogP contribution < -0.4 is 44.0 Å². The van der Waals surface area contributed by atoms with E-state index in [9.17, 15) is 92.0 Å². The number of ether oxygens (including phenoxy) is 7. The van der Waals surface area contributed by atoms with E-state index >= 15 is 0 Å². The molecule has 14 N–H and O–H groups in total. The summed E-state index contributed by atoms with van der Waals surface area (Å²) in [6.45, 7) is 1.33. The Bertz CT molecular complexity index is 5220. The highest BCUT2D eigenvalue weighted by molar-refractivity contribution is 5.81. The van der Waals surface area contributed by atoms with Gasteiger partial charge in [-0.25, -0.2) is 36.7 Å². The second-order valence-electron chi connectivity index (χ2n) is 26.3. The number of halogens is 4. The molecule has 10 heterocycles. The number of aliphatic hydroxyl groups excluding tert-OH is 8. The monoisotopic (exact) mass is 1670 g/mol. The highest BCUT2D eigenvalue weighted by Crippen LogP contribution is 2.43. The smallest absolute Gasteiger partial charge is 0.351 e. The van der Waals surface area contributed by atoms with Crippen LogP contribution in [-0.2, 0) is 60.4 Å². The van der Waals surface area contributed by atoms with E-state index in [1.54, 1.807) is 0 Å². The Labute approximate surface area is 664 Å². The Morgan fingerprint density at radius 3 is 1.14 bits per heavy atom. The number of para-hydroxylation sites is 2. The number of nitrogens with one attached hydrogen (secondary N) is 6. The van der Waals surface area contributed by atoms with E-state index in [1.807, 2.05) is 74.5 Å². The molecule has 12 rings (SSSR count). The van der Waals surface area contributed by atoms with Crippen LogP contribution in [0, 0.1) is 0 Å². The maximum atomic E-state index is 14.7. The van der Waals surface area contributed by atoms with E-state index in [4.69, 9.17) is 55.3 Å². The Morgan fingerprint density at radius 2 is 0.824 bits per heavy atom. The number of aliphatic hydroxyl groups is 8. The molecule has 52 heteroatoms. The van der Waals surface area contributed by atoms with Crippen molar-refractivity contribution in [2.45, 2.75) is 155 Å². The van der Waals surface area contributed by atoms with Crippen molar-refractivity contribution >= 4 is 64.5 Å². The first-order valence-corrected chi connectivity index (χ1v) is 35.6. The number of anilines is 4. The predicted octanol–water partition coefficient (Wildman–Crippen LogP) is 2.38. The second-order valence-corrected chi connectivity index (χ2v) is 26.3. The lowest BCUT2D eigenvalue weighted by molar-refractivity contribution is -0.132. The molecule has 0 radical (unpaired) electrons. The van der Waals surface area contributed by atoms with Gasteiger partial charge in [-0.2, -0.15) is 19.9 Å². The zero-order valence-electron chi connectivity index (χ0n) is 62.3. The Hall–Kier alpha value is -12.9. The quantitative estimate of drug-likeness (QED) is 0.00523. The SMILES string of the molecule is CCC[C@@H](COC=O)Nc1ccn(C2O[C@@](CO)(N=[N+]=[N-])C(O)[C@@H]2F)c(=O)n1.CCNc1ccn(C2O[C@@](CO)(N=[N+]=[N-])C(O)[C@@H]2F)c(=O)n1.[N-]=[N+]=N[C@]1(CO)OC(n2ccc(N[C@@H](Cc3cc4ccccc4[nH]3)OC=O)nc2=O)[C@@H](F)C1O.[N-]=[N+]=N[C@]1(CO)OC(n2ccc(N[C@H](COC=O)Cc3cc4ccccc4[nH]3)nc2=O)[C@@H](F)C1O. The third-order valence-electron chi connectivity index (χ3n) is 18.6. The van der Waals surface area contributed by atoms with Crippen molar-refractivity contribution in [1.29, 1.82) is 0 Å². The van der Waals surface area contributed by atoms with Gasteiger partial charge in [0.05, 0.1) is 38.5 Å². The average molecular weight is 1680 g/mol. The molecule has 0 amide bonds. The molecular weight excluding hydrogens is 1600 g/mol. The second kappa shape index (κ2) is 40.8. The summed E-state index contributed by atoms with van der Waals surface area (Å²) < 4.78 is 96.7. The molecule has 4 fully saturated rings. The standard InChI is InChI=1S/C21H22FN7O6.C20H20FN7O6.C15H21FN6O6.C11H15FN6O4/c22-17-18(32)21(10-30,27-28-23)35-19(17)29-6-5-16(26-20(29)33)25-14(9-34-11-31)8-13-7-12-3-1-2-4-15(12)24-13;21-16-17(31)20(9-29,26-27-22)34-18(16)28-6-5-14(25-19(28)32)24-15(33-10-30)8-12-7-11-3-1-2-4-13(11)23-12;1-2-3-9(6-27-8-24)18-10-4-5-22(14(26)19-10)13-11(16)12(25)15(7-23,28-13)20-21-17;1-2-14-6-3-4-18(10(21)15-6)9-7(12)8(20)11(5-19,22-9)16-17-13/h1-7,11,14,17-19,24,30,32H,8-10H2,(H,25,26,33);1-7,10,15-18,23,29,31H,8-9H2,(H,24,25,32);4-5,8-9,11-13,23,25H,2-3,6-7H2,1H3,(H,18,19,26);3-4,7-9,19-20H,2,5H2,1H3,(H,14,15,21)/t14-,17-,18?,19?,21+;15-,16+,17?,18?,20-;9-,11-,12?,13?,15+;7-,8?,9?,11+/m0100/s1. The molecule has 19 atom stereocenters. The Balaban J connectivity index is 0.000000183. The summed E-state index contributed by atoms with van der Waals surface area (Å²) in [4.78, 5) is 113. The third kappa shape index (κ3) is 20.4. The third-order valence-corrected chi connectivity index (χ3v) is 18.6. The molecule has 636 valence electrons. The number of hydrogen-bond donors (Lipinski definition) is 14. The van der Waals surface area contributed by atoms with Crippen LogP contribution in [0.2, 0.25) is 0 Å². The molecule has 48 nitrogen and oxygen atoms in total. The number of carbonyl (C=O) groups excluding carboxylic acids is 3. The van der Waals surface area contributed by atoms with Crippen LogP contribution in [-0.4, -0.2) is 245 Å². The van der Waals surface area contributed by atoms with Crippen molar-refractivity contribution in [3.05, 3.63) is 205 Å². The number of benzene rings is 2. The maximum absolute atomic E-state index is 14.7. The van der Waals surface area contributed by atoms with Crippen molar-refractivity contribution < 1.29 is 106 Å². The summed E-state index contributed by atoms with van der Waals surface area (Å²) >= 11 is 0. The van der Waals surface area contributed by atoms with Crippen LogP contribution in [0.25, 0.3) is 63.6 Å². The Kier molecular flexibility index (Phi) is 30.9. The number of nitrogens with zero attached hydrogens (tertiary/aromatic N) is 20. The van der Waals surface area contributed by atoms with E-state index in [2.05, 4.69) is 91.3 Å². The molecular formula is C67H78F4N26O22. The van der Waals surface area contributed by atoms with Gasteiger partial charge in [0, 0.05) is 86.2 Å². The predicted molar refractivity (Wildman–Crippen MR) is 400 cm³/mol. The molecule has 0 saturated carbocycles. The number of fused-ring (bicyclic) bond motifs is 2. The van der Waals surface area contributed by atoms with Gasteiger partial charge in [0.2, 0.25) is 22.9 Å². The van der Waals surface area contributed by atoms with Gasteiger partial charge in [-0.15, -0.1) is 0 Å². The number of hydrogen-bond acceptors (Lipinski definition) is 34. The molecule has 4 saturated heterocycles. The first-order chi connectivity index (χ1) is 57.2. The minimum Gasteiger partial charge on any atom is -0.466 e. The molecule has 4 aliphatic heterocycles. The molecule has 0 spiro atoms. The number of carbonyl (C=O) groups is 3. The van der Waals surface area contributed by atoms with Gasteiger partial charge < -0.3 is 105 Å². The maximum Gasteiger partial charge on any atom is 0.351 e. The molecule has 6 aromatic heterocycles. The van der Waals surface area contributed by atoms with Gasteiger partial charge >= 0.3 is 22.8 Å². The topological polar surface area (TPSA) is 692 Å². The molecule has 2 aromatic carbocycles. The zero-order chi connectivity index (χ0) is 86.4. The first kappa shape index (κ1) is 90.1. The average Bonchev–Trinajstić information content (AvgIpc) is 1.63. The van der Waals surface area contributed by atoms with Crippen LogP contribution >= 0.6 is 0 Å². The lowest BCUT2D eigenvalue weighted by Crippen LogP contribution is -2.43. The summed E-state index contributed by atoms with van der Waals surface area (Å²) in [7, 11) is 0. The van der Waals surface area contributed by atoms with E-state index in [1.165, 1.54) is 42.9 Å². The van der Waals surface area contributed by atoms with Crippen molar-refractivity contribution in [1.82, 2.24) is 48.2 Å². The molecule has 0 bridgehead atoms. The first-order valence-electron chi connectivity index (χ1n) is 35.6. The van der Waals surface area contributed by atoms with Crippen molar-refractivity contribution in [2.75, 3.05) is 67.5 Å². The number of aromatic amines is 2. The van der Waals surface area contributed by atoms with Crippen LogP contribution in [0.1, 0.15) is 63.0 Å². The summed E-state index contributed by atoms with van der Waals surface area (Å²) in [5.41, 5.74) is 25.3. The minimum absolute atomic E-state index is 0.0146. The van der Waals surface area contributed by atoms with Crippen molar-refractivity contribution in [3.8, 4) is 0 Å². The highest BCUT2D eigenvalue weighted by Gasteiger charge is 2.59. The van der Waals surface area contributed by atoms with Gasteiger partial charge in [0.15, 0.2) is 55.8 Å². The van der Waals surface area contributed by atoms with Crippen LogP contribution in [0.5, 0.6) is 0 Å². The van der Waals surface area contributed by atoms with E-state index in [0.717, 1.165) is 64.1 Å².